The Balaban J connectivity index is 2.02. The van der Waals surface area contributed by atoms with Crippen LogP contribution in [0.4, 0.5) is 4.79 Å². The van der Waals surface area contributed by atoms with Gasteiger partial charge >= 0.3 is 12.0 Å². The fourth-order valence-corrected chi connectivity index (χ4v) is 3.40. The van der Waals surface area contributed by atoms with Crippen molar-refractivity contribution in [2.75, 3.05) is 13.1 Å². The number of hydrogen-bond acceptors (Lipinski definition) is 2. The van der Waals surface area contributed by atoms with Crippen LogP contribution in [0.2, 0.25) is 0 Å². The molecule has 0 aliphatic carbocycles. The molecule has 2 amide bonds. The van der Waals surface area contributed by atoms with E-state index in [2.05, 4.69) is 13.8 Å². The molecular weight excluding hydrogens is 244 g/mol. The van der Waals surface area contributed by atoms with Crippen molar-refractivity contribution in [3.8, 4) is 0 Å². The van der Waals surface area contributed by atoms with Crippen LogP contribution in [-0.2, 0) is 4.79 Å². The summed E-state index contributed by atoms with van der Waals surface area (Å²) in [5.74, 6) is -0.534. The quantitative estimate of drug-likeness (QED) is 0.791. The Labute approximate surface area is 114 Å². The van der Waals surface area contributed by atoms with Gasteiger partial charge in [-0.2, -0.15) is 0 Å². The van der Waals surface area contributed by atoms with Crippen molar-refractivity contribution in [2.24, 2.45) is 11.8 Å². The number of carboxylic acid groups (broad SMARTS) is 1. The number of urea groups is 1. The third-order valence-corrected chi connectivity index (χ3v) is 4.70. The first-order valence-corrected chi connectivity index (χ1v) is 7.21. The van der Waals surface area contributed by atoms with Crippen LogP contribution >= 0.6 is 0 Å². The van der Waals surface area contributed by atoms with Gasteiger partial charge in [0.15, 0.2) is 0 Å². The van der Waals surface area contributed by atoms with E-state index in [0.717, 1.165) is 19.4 Å². The molecule has 2 saturated heterocycles. The summed E-state index contributed by atoms with van der Waals surface area (Å²) in [6.07, 6.45) is 2.65. The van der Waals surface area contributed by atoms with Gasteiger partial charge < -0.3 is 14.9 Å². The van der Waals surface area contributed by atoms with Gasteiger partial charge in [-0.15, -0.1) is 0 Å². The molecule has 0 aromatic heterocycles. The summed E-state index contributed by atoms with van der Waals surface area (Å²) >= 11 is 0. The Morgan fingerprint density at radius 2 is 1.68 bits per heavy atom. The summed E-state index contributed by atoms with van der Waals surface area (Å²) in [6, 6.07) is 0.0829. The van der Waals surface area contributed by atoms with Gasteiger partial charge in [-0.25, -0.2) is 4.79 Å². The zero-order valence-electron chi connectivity index (χ0n) is 12.0. The lowest BCUT2D eigenvalue weighted by molar-refractivity contribution is -0.142. The van der Waals surface area contributed by atoms with Gasteiger partial charge in [-0.3, -0.25) is 4.79 Å². The predicted octanol–water partition coefficient (Wildman–Crippen LogP) is 2.02. The van der Waals surface area contributed by atoms with Crippen molar-refractivity contribution in [1.29, 1.82) is 0 Å². The molecule has 0 aromatic carbocycles. The van der Waals surface area contributed by atoms with E-state index in [1.807, 2.05) is 11.8 Å². The van der Waals surface area contributed by atoms with E-state index in [1.54, 1.807) is 4.90 Å². The van der Waals surface area contributed by atoms with Crippen molar-refractivity contribution in [2.45, 2.75) is 52.1 Å². The van der Waals surface area contributed by atoms with Gasteiger partial charge in [0.1, 0.15) is 0 Å². The van der Waals surface area contributed by atoms with Crippen molar-refractivity contribution < 1.29 is 14.7 Å². The molecule has 2 aliphatic rings. The lowest BCUT2D eigenvalue weighted by atomic mass is 9.93. The molecule has 2 rings (SSSR count). The second-order valence-corrected chi connectivity index (χ2v) is 6.12. The number of hydrogen-bond donors (Lipinski definition) is 1. The maximum Gasteiger partial charge on any atom is 0.320 e. The second kappa shape index (κ2) is 5.39. The fourth-order valence-electron chi connectivity index (χ4n) is 3.40. The average molecular weight is 268 g/mol. The van der Waals surface area contributed by atoms with Crippen LogP contribution in [0.15, 0.2) is 0 Å². The number of amides is 2. The van der Waals surface area contributed by atoms with Crippen LogP contribution in [0.25, 0.3) is 0 Å². The molecule has 0 aromatic rings. The summed E-state index contributed by atoms with van der Waals surface area (Å²) in [6.45, 7) is 7.51. The smallest absolute Gasteiger partial charge is 0.320 e. The molecule has 5 nitrogen and oxygen atoms in total. The van der Waals surface area contributed by atoms with Crippen molar-refractivity contribution in [3.05, 3.63) is 0 Å². The Bertz CT molecular complexity index is 372. The number of aliphatic carboxylic acids is 1. The van der Waals surface area contributed by atoms with Gasteiger partial charge in [0.2, 0.25) is 0 Å². The molecule has 2 heterocycles. The van der Waals surface area contributed by atoms with Crippen LogP contribution < -0.4 is 0 Å². The molecule has 0 saturated carbocycles. The molecule has 0 radical (unpaired) electrons. The monoisotopic (exact) mass is 268 g/mol. The number of likely N-dealkylation sites (tertiary alicyclic amines) is 2. The van der Waals surface area contributed by atoms with E-state index >= 15 is 0 Å². The van der Waals surface area contributed by atoms with Gasteiger partial charge in [-0.1, -0.05) is 6.92 Å². The standard InChI is InChI=1S/C14H24N2O3/c1-9-4-6-15(10(2)8-9)14(19)16-7-5-12(11(16)3)13(17)18/h9-12H,4-8H2,1-3H3,(H,17,18). The second-order valence-electron chi connectivity index (χ2n) is 6.12. The molecule has 2 fully saturated rings. The highest BCUT2D eigenvalue weighted by molar-refractivity contribution is 5.78. The first kappa shape index (κ1) is 14.2. The van der Waals surface area contributed by atoms with Crippen molar-refractivity contribution in [1.82, 2.24) is 9.80 Å². The topological polar surface area (TPSA) is 60.9 Å². The van der Waals surface area contributed by atoms with E-state index in [4.69, 9.17) is 5.11 Å². The molecule has 2 aliphatic heterocycles. The van der Waals surface area contributed by atoms with Crippen LogP contribution in [0, 0.1) is 11.8 Å². The summed E-state index contributed by atoms with van der Waals surface area (Å²) < 4.78 is 0. The van der Waals surface area contributed by atoms with Crippen molar-refractivity contribution >= 4 is 12.0 Å². The Morgan fingerprint density at radius 1 is 1.05 bits per heavy atom. The summed E-state index contributed by atoms with van der Waals surface area (Å²) in [7, 11) is 0. The number of carbonyl (C=O) groups is 2. The van der Waals surface area contributed by atoms with Crippen LogP contribution in [0.1, 0.15) is 40.0 Å². The first-order chi connectivity index (χ1) is 8.91. The zero-order chi connectivity index (χ0) is 14.2. The molecule has 4 atom stereocenters. The number of carbonyl (C=O) groups excluding carboxylic acids is 1. The third kappa shape index (κ3) is 2.69. The Kier molecular flexibility index (Phi) is 4.02. The SMILES string of the molecule is CC1CCN(C(=O)N2CCC(C(=O)O)C2C)C(C)C1. The molecular formula is C14H24N2O3. The number of rotatable bonds is 1. The number of carboxylic acids is 1. The number of nitrogens with zero attached hydrogens (tertiary/aromatic N) is 2. The summed E-state index contributed by atoms with van der Waals surface area (Å²) in [5.41, 5.74) is 0. The fraction of sp³-hybridized carbons (Fsp3) is 0.857. The highest BCUT2D eigenvalue weighted by Crippen LogP contribution is 2.29. The largest absolute Gasteiger partial charge is 0.481 e. The molecule has 0 spiro atoms. The number of piperidine rings is 1. The van der Waals surface area contributed by atoms with Crippen LogP contribution in [0.3, 0.4) is 0 Å². The summed E-state index contributed by atoms with van der Waals surface area (Å²) in [4.78, 5) is 27.3. The van der Waals surface area contributed by atoms with E-state index in [1.165, 1.54) is 0 Å². The molecule has 4 unspecified atom stereocenters. The molecule has 1 N–H and O–H groups in total. The Hall–Kier alpha value is -1.26. The normalized spacial score (nSPS) is 35.5. The van der Waals surface area contributed by atoms with Crippen LogP contribution in [-0.4, -0.2) is 52.1 Å². The maximum atomic E-state index is 12.6. The summed E-state index contributed by atoms with van der Waals surface area (Å²) in [5, 5.41) is 9.13. The zero-order valence-corrected chi connectivity index (χ0v) is 12.0. The average Bonchev–Trinajstić information content (AvgIpc) is 2.70. The van der Waals surface area contributed by atoms with Gasteiger partial charge in [0.25, 0.3) is 0 Å². The highest BCUT2D eigenvalue weighted by Gasteiger charge is 2.41. The first-order valence-electron chi connectivity index (χ1n) is 7.21. The predicted molar refractivity (Wildman–Crippen MR) is 71.9 cm³/mol. The lowest BCUT2D eigenvalue weighted by Gasteiger charge is -2.39. The molecule has 108 valence electrons. The minimum absolute atomic E-state index is 0.0238. The van der Waals surface area contributed by atoms with Crippen molar-refractivity contribution in [3.63, 3.8) is 0 Å². The third-order valence-electron chi connectivity index (χ3n) is 4.70. The van der Waals surface area contributed by atoms with E-state index < -0.39 is 11.9 Å². The molecule has 0 bridgehead atoms. The van der Waals surface area contributed by atoms with Gasteiger partial charge in [0.05, 0.1) is 5.92 Å². The minimum Gasteiger partial charge on any atom is -0.481 e. The lowest BCUT2D eigenvalue weighted by Crippen LogP contribution is -2.52. The highest BCUT2D eigenvalue weighted by atomic mass is 16.4. The molecule has 5 heteroatoms. The minimum atomic E-state index is -0.789. The van der Waals surface area contributed by atoms with Gasteiger partial charge in [-0.05, 0) is 39.0 Å². The van der Waals surface area contributed by atoms with E-state index in [9.17, 15) is 9.59 Å². The van der Waals surface area contributed by atoms with Crippen LogP contribution in [0.5, 0.6) is 0 Å². The maximum absolute atomic E-state index is 12.6. The van der Waals surface area contributed by atoms with Gasteiger partial charge in [0, 0.05) is 25.2 Å². The van der Waals surface area contributed by atoms with E-state index in [0.29, 0.717) is 18.9 Å². The van der Waals surface area contributed by atoms with E-state index in [-0.39, 0.29) is 18.1 Å². The Morgan fingerprint density at radius 3 is 2.21 bits per heavy atom. The molecule has 19 heavy (non-hydrogen) atoms.